The summed E-state index contributed by atoms with van der Waals surface area (Å²) in [7, 11) is 0. The molecule has 8 heteroatoms. The third-order valence-electron chi connectivity index (χ3n) is 3.34. The molecule has 116 valence electrons. The van der Waals surface area contributed by atoms with Crippen molar-refractivity contribution in [2.75, 3.05) is 13.2 Å². The van der Waals surface area contributed by atoms with Crippen LogP contribution in [0.5, 0.6) is 11.5 Å². The highest BCUT2D eigenvalue weighted by molar-refractivity contribution is 7.13. The van der Waals surface area contributed by atoms with Gasteiger partial charge in [-0.05, 0) is 34.9 Å². The lowest BCUT2D eigenvalue weighted by molar-refractivity contribution is 0.0960. The molecule has 0 atom stereocenters. The summed E-state index contributed by atoms with van der Waals surface area (Å²) < 4.78 is 10.9. The van der Waals surface area contributed by atoms with E-state index in [1.807, 2.05) is 17.5 Å². The normalized spacial score (nSPS) is 13.0. The molecule has 0 N–H and O–H groups in total. The average Bonchev–Trinajstić information content (AvgIpc) is 3.25. The number of thiophene rings is 1. The Morgan fingerprint density at radius 2 is 2.09 bits per heavy atom. The molecule has 1 aliphatic heterocycles. The summed E-state index contributed by atoms with van der Waals surface area (Å²) in [6.07, 6.45) is 0. The minimum Gasteiger partial charge on any atom is -0.486 e. The lowest BCUT2D eigenvalue weighted by atomic mass is 10.1. The minimum atomic E-state index is -0.114. The van der Waals surface area contributed by atoms with Crippen LogP contribution < -0.4 is 9.47 Å². The topological polar surface area (TPSA) is 79.1 Å². The van der Waals surface area contributed by atoms with Crippen molar-refractivity contribution >= 4 is 17.1 Å². The van der Waals surface area contributed by atoms with E-state index in [0.717, 1.165) is 4.88 Å². The molecule has 3 aromatic rings. The van der Waals surface area contributed by atoms with Crippen molar-refractivity contribution in [2.45, 2.75) is 6.54 Å². The predicted molar refractivity (Wildman–Crippen MR) is 82.9 cm³/mol. The van der Waals surface area contributed by atoms with E-state index < -0.39 is 0 Å². The first-order valence-electron chi connectivity index (χ1n) is 7.04. The van der Waals surface area contributed by atoms with E-state index in [0.29, 0.717) is 36.1 Å². The van der Waals surface area contributed by atoms with Gasteiger partial charge < -0.3 is 9.47 Å². The number of rotatable bonds is 4. The van der Waals surface area contributed by atoms with Gasteiger partial charge in [-0.2, -0.15) is 4.80 Å². The maximum absolute atomic E-state index is 12.4. The van der Waals surface area contributed by atoms with Gasteiger partial charge in [0.05, 0.1) is 4.88 Å². The molecule has 0 unspecified atom stereocenters. The van der Waals surface area contributed by atoms with Crippen molar-refractivity contribution in [3.8, 4) is 22.2 Å². The maximum atomic E-state index is 12.4. The van der Waals surface area contributed by atoms with E-state index >= 15 is 0 Å². The molecular weight excluding hydrogens is 316 g/mol. The van der Waals surface area contributed by atoms with Crippen LogP contribution in [-0.2, 0) is 6.54 Å². The van der Waals surface area contributed by atoms with Gasteiger partial charge in [0.2, 0.25) is 5.82 Å². The molecule has 0 bridgehead atoms. The van der Waals surface area contributed by atoms with Crippen molar-refractivity contribution in [1.82, 2.24) is 20.2 Å². The van der Waals surface area contributed by atoms with E-state index in [2.05, 4.69) is 15.4 Å². The quantitative estimate of drug-likeness (QED) is 0.682. The highest BCUT2D eigenvalue weighted by atomic mass is 32.1. The molecule has 1 aliphatic rings. The molecule has 0 aliphatic carbocycles. The van der Waals surface area contributed by atoms with Crippen LogP contribution in [-0.4, -0.2) is 39.2 Å². The highest BCUT2D eigenvalue weighted by Crippen LogP contribution is 2.30. The second-order valence-corrected chi connectivity index (χ2v) is 5.85. The largest absolute Gasteiger partial charge is 0.486 e. The van der Waals surface area contributed by atoms with Gasteiger partial charge in [0.25, 0.3) is 0 Å². The first-order valence-corrected chi connectivity index (χ1v) is 7.92. The standard InChI is InChI=1S/C15H12N4O3S/c20-11(10-3-4-12-13(8-10)22-6-5-21-12)9-19-17-15(16-18-19)14-2-1-7-23-14/h1-4,7-8H,5-6,9H2. The fraction of sp³-hybridized carbons (Fsp3) is 0.200. The van der Waals surface area contributed by atoms with Crippen LogP contribution in [0.3, 0.4) is 0 Å². The Bertz CT molecular complexity index is 844. The number of carbonyl (C=O) groups is 1. The van der Waals surface area contributed by atoms with Gasteiger partial charge >= 0.3 is 0 Å². The number of ketones is 1. The van der Waals surface area contributed by atoms with E-state index in [4.69, 9.17) is 9.47 Å². The Kier molecular flexibility index (Phi) is 3.51. The first-order chi connectivity index (χ1) is 11.3. The molecule has 0 amide bonds. The van der Waals surface area contributed by atoms with Gasteiger partial charge in [-0.3, -0.25) is 4.79 Å². The number of tetrazole rings is 1. The van der Waals surface area contributed by atoms with Crippen molar-refractivity contribution in [3.05, 3.63) is 41.3 Å². The van der Waals surface area contributed by atoms with Gasteiger partial charge in [0, 0.05) is 5.56 Å². The van der Waals surface area contributed by atoms with Crippen molar-refractivity contribution in [3.63, 3.8) is 0 Å². The molecular formula is C15H12N4O3S. The minimum absolute atomic E-state index is 0.0258. The van der Waals surface area contributed by atoms with Gasteiger partial charge in [-0.15, -0.1) is 21.5 Å². The molecule has 0 fully saturated rings. The summed E-state index contributed by atoms with van der Waals surface area (Å²) in [6, 6.07) is 8.98. The third-order valence-corrected chi connectivity index (χ3v) is 4.21. The summed E-state index contributed by atoms with van der Waals surface area (Å²) in [5, 5.41) is 14.1. The van der Waals surface area contributed by atoms with Gasteiger partial charge in [0.1, 0.15) is 19.8 Å². The second kappa shape index (κ2) is 5.81. The zero-order valence-electron chi connectivity index (χ0n) is 12.0. The number of nitrogens with zero attached hydrogens (tertiary/aromatic N) is 4. The SMILES string of the molecule is O=C(Cn1nnc(-c2cccs2)n1)c1ccc2c(c1)OCCO2. The van der Waals surface area contributed by atoms with Crippen LogP contribution in [0, 0.1) is 0 Å². The number of aromatic nitrogens is 4. The predicted octanol–water partition coefficient (Wildman–Crippen LogP) is 2.06. The number of carbonyl (C=O) groups excluding carboxylic acids is 1. The van der Waals surface area contributed by atoms with Crippen LogP contribution in [0.1, 0.15) is 10.4 Å². The van der Waals surface area contributed by atoms with Crippen molar-refractivity contribution < 1.29 is 14.3 Å². The Hall–Kier alpha value is -2.74. The van der Waals surface area contributed by atoms with Gasteiger partial charge in [-0.1, -0.05) is 6.07 Å². The van der Waals surface area contributed by atoms with Gasteiger partial charge in [-0.25, -0.2) is 0 Å². The lowest BCUT2D eigenvalue weighted by Crippen LogP contribution is -2.17. The number of benzene rings is 1. The number of hydrogen-bond donors (Lipinski definition) is 0. The zero-order valence-corrected chi connectivity index (χ0v) is 12.8. The first kappa shape index (κ1) is 13.9. The Morgan fingerprint density at radius 1 is 1.22 bits per heavy atom. The molecule has 3 heterocycles. The molecule has 23 heavy (non-hydrogen) atoms. The second-order valence-electron chi connectivity index (χ2n) is 4.90. The third kappa shape index (κ3) is 2.80. The maximum Gasteiger partial charge on any atom is 0.214 e. The highest BCUT2D eigenvalue weighted by Gasteiger charge is 2.16. The van der Waals surface area contributed by atoms with Crippen LogP contribution in [0.4, 0.5) is 0 Å². The Morgan fingerprint density at radius 3 is 2.91 bits per heavy atom. The molecule has 7 nitrogen and oxygen atoms in total. The van der Waals surface area contributed by atoms with Crippen molar-refractivity contribution in [1.29, 1.82) is 0 Å². The van der Waals surface area contributed by atoms with E-state index in [9.17, 15) is 4.79 Å². The summed E-state index contributed by atoms with van der Waals surface area (Å²) in [4.78, 5) is 14.6. The fourth-order valence-electron chi connectivity index (χ4n) is 2.25. The number of Topliss-reactive ketones (excluding diaryl/α,β-unsaturated/α-hetero) is 1. The van der Waals surface area contributed by atoms with Crippen LogP contribution in [0.25, 0.3) is 10.7 Å². The number of hydrogen-bond acceptors (Lipinski definition) is 7. The molecule has 0 spiro atoms. The molecule has 0 saturated carbocycles. The van der Waals surface area contributed by atoms with E-state index in [1.54, 1.807) is 18.2 Å². The number of fused-ring (bicyclic) bond motifs is 1. The Labute approximate surface area is 135 Å². The summed E-state index contributed by atoms with van der Waals surface area (Å²) in [5.74, 6) is 1.66. The zero-order chi connectivity index (χ0) is 15.6. The van der Waals surface area contributed by atoms with Crippen molar-refractivity contribution in [2.24, 2.45) is 0 Å². The summed E-state index contributed by atoms with van der Waals surface area (Å²) >= 11 is 1.53. The van der Waals surface area contributed by atoms with E-state index in [1.165, 1.54) is 16.1 Å². The molecule has 4 rings (SSSR count). The molecule has 1 aromatic carbocycles. The average molecular weight is 328 g/mol. The monoisotopic (exact) mass is 328 g/mol. The lowest BCUT2D eigenvalue weighted by Gasteiger charge is -2.18. The number of ether oxygens (including phenoxy) is 2. The van der Waals surface area contributed by atoms with E-state index in [-0.39, 0.29) is 12.3 Å². The van der Waals surface area contributed by atoms with Crippen LogP contribution >= 0.6 is 11.3 Å². The molecule has 0 radical (unpaired) electrons. The van der Waals surface area contributed by atoms with Gasteiger partial charge in [0.15, 0.2) is 17.3 Å². The van der Waals surface area contributed by atoms with Crippen LogP contribution in [0.15, 0.2) is 35.7 Å². The molecule has 0 saturated heterocycles. The summed E-state index contributed by atoms with van der Waals surface area (Å²) in [5.41, 5.74) is 0.532. The smallest absolute Gasteiger partial charge is 0.214 e. The van der Waals surface area contributed by atoms with Crippen LogP contribution in [0.2, 0.25) is 0 Å². The fourth-order valence-corrected chi connectivity index (χ4v) is 2.90. The molecule has 2 aromatic heterocycles. The Balaban J connectivity index is 1.52. The summed E-state index contributed by atoms with van der Waals surface area (Å²) in [6.45, 7) is 1.03.